The van der Waals surface area contributed by atoms with Crippen molar-refractivity contribution in [3.8, 4) is 5.69 Å². The van der Waals surface area contributed by atoms with E-state index in [4.69, 9.17) is 0 Å². The van der Waals surface area contributed by atoms with Crippen LogP contribution < -0.4 is 4.80 Å². The quantitative estimate of drug-likeness (QED) is 0.587. The molecule has 20 heavy (non-hydrogen) atoms. The predicted octanol–water partition coefficient (Wildman–Crippen LogP) is 4.13. The van der Waals surface area contributed by atoms with Gasteiger partial charge in [0, 0.05) is 27.9 Å². The fraction of sp³-hybridized carbons (Fsp3) is 0.375. The Labute approximate surface area is 124 Å². The van der Waals surface area contributed by atoms with Crippen LogP contribution in [0.5, 0.6) is 0 Å². The molecule has 0 radical (unpaired) electrons. The summed E-state index contributed by atoms with van der Waals surface area (Å²) >= 11 is 1.63. The van der Waals surface area contributed by atoms with Gasteiger partial charge in [-0.2, -0.15) is 5.10 Å². The molecule has 0 saturated heterocycles. The first-order valence-corrected chi connectivity index (χ1v) is 7.59. The van der Waals surface area contributed by atoms with Crippen LogP contribution in [0.1, 0.15) is 40.3 Å². The number of aromatic nitrogens is 1. The van der Waals surface area contributed by atoms with Gasteiger partial charge in [-0.25, -0.2) is 0 Å². The van der Waals surface area contributed by atoms with E-state index in [1.807, 2.05) is 32.0 Å². The summed E-state index contributed by atoms with van der Waals surface area (Å²) in [5, 5.41) is 10.8. The lowest BCUT2D eigenvalue weighted by molar-refractivity contribution is 0.552. The van der Waals surface area contributed by atoms with Gasteiger partial charge in [0.15, 0.2) is 0 Å². The molecule has 0 spiro atoms. The first kappa shape index (κ1) is 14.7. The van der Waals surface area contributed by atoms with Crippen molar-refractivity contribution in [1.29, 1.82) is 0 Å². The summed E-state index contributed by atoms with van der Waals surface area (Å²) in [4.78, 5) is 0.905. The van der Waals surface area contributed by atoms with Crippen LogP contribution in [0.25, 0.3) is 5.69 Å². The second kappa shape index (κ2) is 5.75. The second-order valence-corrected chi connectivity index (χ2v) is 6.81. The maximum Gasteiger partial charge on any atom is 0.215 e. The molecule has 2 aromatic rings. The smallest absolute Gasteiger partial charge is 0.215 e. The van der Waals surface area contributed by atoms with Crippen LogP contribution in [0.15, 0.2) is 45.9 Å². The predicted molar refractivity (Wildman–Crippen MR) is 86.7 cm³/mol. The summed E-state index contributed by atoms with van der Waals surface area (Å²) in [6.45, 7) is 10.6. The first-order valence-electron chi connectivity index (χ1n) is 6.71. The molecule has 0 aliphatic carbocycles. The molecule has 0 unspecified atom stereocenters. The first-order chi connectivity index (χ1) is 9.39. The number of benzene rings is 1. The van der Waals surface area contributed by atoms with Crippen LogP contribution in [0.4, 0.5) is 0 Å². The molecule has 106 valence electrons. The zero-order chi connectivity index (χ0) is 14.8. The molecule has 0 fully saturated rings. The van der Waals surface area contributed by atoms with Gasteiger partial charge in [-0.05, 0) is 26.0 Å². The fourth-order valence-corrected chi connectivity index (χ4v) is 2.94. The highest BCUT2D eigenvalue weighted by atomic mass is 32.1. The van der Waals surface area contributed by atoms with E-state index in [1.165, 1.54) is 5.69 Å². The van der Waals surface area contributed by atoms with Crippen molar-refractivity contribution < 1.29 is 0 Å². The monoisotopic (exact) mass is 287 g/mol. The Kier molecular flexibility index (Phi) is 4.23. The molecule has 0 saturated carbocycles. The van der Waals surface area contributed by atoms with Crippen LogP contribution in [0.3, 0.4) is 0 Å². The second-order valence-electron chi connectivity index (χ2n) is 5.97. The molecule has 0 amide bonds. The Bertz CT molecular complexity index is 666. The average Bonchev–Trinajstić information content (AvgIpc) is 2.81. The number of nitrogens with zero attached hydrogens (tertiary/aromatic N) is 3. The SMILES string of the molecule is CC(C)=NN=c1scc(C(C)(C)C)n1-c1ccccc1. The van der Waals surface area contributed by atoms with E-state index >= 15 is 0 Å². The summed E-state index contributed by atoms with van der Waals surface area (Å²) in [6, 6.07) is 10.3. The largest absolute Gasteiger partial charge is 0.288 e. The van der Waals surface area contributed by atoms with Crippen molar-refractivity contribution in [3.63, 3.8) is 0 Å². The maximum absolute atomic E-state index is 4.39. The molecule has 1 aromatic heterocycles. The van der Waals surface area contributed by atoms with Crippen molar-refractivity contribution in [3.05, 3.63) is 46.2 Å². The van der Waals surface area contributed by atoms with E-state index in [-0.39, 0.29) is 5.41 Å². The molecule has 0 bridgehead atoms. The molecule has 4 heteroatoms. The minimum absolute atomic E-state index is 0.0606. The molecule has 1 aromatic carbocycles. The van der Waals surface area contributed by atoms with Crippen LogP contribution in [0.2, 0.25) is 0 Å². The highest BCUT2D eigenvalue weighted by Gasteiger charge is 2.20. The number of thiazole rings is 1. The van der Waals surface area contributed by atoms with E-state index in [1.54, 1.807) is 11.3 Å². The number of hydrogen-bond donors (Lipinski definition) is 0. The van der Waals surface area contributed by atoms with Crippen molar-refractivity contribution in [1.82, 2.24) is 4.57 Å². The number of hydrogen-bond acceptors (Lipinski definition) is 3. The third kappa shape index (κ3) is 3.25. The van der Waals surface area contributed by atoms with Gasteiger partial charge in [0.1, 0.15) is 0 Å². The molecular weight excluding hydrogens is 266 g/mol. The Balaban J connectivity index is 2.71. The average molecular weight is 287 g/mol. The molecular formula is C16H21N3S. The Morgan fingerprint density at radius 1 is 1.10 bits per heavy atom. The minimum atomic E-state index is 0.0606. The van der Waals surface area contributed by atoms with Gasteiger partial charge in [-0.15, -0.1) is 16.4 Å². The van der Waals surface area contributed by atoms with E-state index < -0.39 is 0 Å². The standard InChI is InChI=1S/C16H21N3S/c1-12(2)17-18-15-19(13-9-7-6-8-10-13)14(11-20-15)16(3,4)5/h6-11H,1-5H3. The van der Waals surface area contributed by atoms with Gasteiger partial charge < -0.3 is 0 Å². The van der Waals surface area contributed by atoms with Gasteiger partial charge in [0.2, 0.25) is 4.80 Å². The molecule has 0 atom stereocenters. The molecule has 1 heterocycles. The minimum Gasteiger partial charge on any atom is -0.288 e. The van der Waals surface area contributed by atoms with Gasteiger partial charge in [0.05, 0.1) is 0 Å². The fourth-order valence-electron chi connectivity index (χ4n) is 1.87. The zero-order valence-electron chi connectivity index (χ0n) is 12.7. The molecule has 2 rings (SSSR count). The summed E-state index contributed by atoms with van der Waals surface area (Å²) in [6.07, 6.45) is 0. The van der Waals surface area contributed by atoms with E-state index in [0.717, 1.165) is 16.2 Å². The van der Waals surface area contributed by atoms with Gasteiger partial charge >= 0.3 is 0 Å². The van der Waals surface area contributed by atoms with Crippen LogP contribution in [0, 0.1) is 0 Å². The van der Waals surface area contributed by atoms with Crippen molar-refractivity contribution in [2.75, 3.05) is 0 Å². The summed E-state index contributed by atoms with van der Waals surface area (Å²) in [7, 11) is 0. The van der Waals surface area contributed by atoms with Gasteiger partial charge in [-0.3, -0.25) is 4.57 Å². The lowest BCUT2D eigenvalue weighted by Crippen LogP contribution is -2.23. The van der Waals surface area contributed by atoms with Crippen molar-refractivity contribution >= 4 is 17.0 Å². The molecule has 0 aliphatic rings. The maximum atomic E-state index is 4.39. The zero-order valence-corrected chi connectivity index (χ0v) is 13.5. The van der Waals surface area contributed by atoms with Crippen molar-refractivity contribution in [2.45, 2.75) is 40.0 Å². The normalized spacial score (nSPS) is 12.6. The Morgan fingerprint density at radius 3 is 2.30 bits per heavy atom. The molecule has 0 aliphatic heterocycles. The van der Waals surface area contributed by atoms with Gasteiger partial charge in [-0.1, -0.05) is 39.0 Å². The Hall–Kier alpha value is -1.68. The van der Waals surface area contributed by atoms with E-state index in [2.05, 4.69) is 53.1 Å². The number of para-hydroxylation sites is 1. The highest BCUT2D eigenvalue weighted by molar-refractivity contribution is 7.07. The van der Waals surface area contributed by atoms with Crippen LogP contribution in [-0.2, 0) is 5.41 Å². The van der Waals surface area contributed by atoms with E-state index in [0.29, 0.717) is 0 Å². The third-order valence-corrected chi connectivity index (χ3v) is 3.64. The van der Waals surface area contributed by atoms with Crippen LogP contribution in [-0.4, -0.2) is 10.3 Å². The highest BCUT2D eigenvalue weighted by Crippen LogP contribution is 2.25. The lowest BCUT2D eigenvalue weighted by Gasteiger charge is -2.20. The summed E-state index contributed by atoms with van der Waals surface area (Å²) < 4.78 is 2.19. The van der Waals surface area contributed by atoms with Crippen LogP contribution >= 0.6 is 11.3 Å². The topological polar surface area (TPSA) is 29.6 Å². The lowest BCUT2D eigenvalue weighted by atomic mass is 9.93. The molecule has 3 nitrogen and oxygen atoms in total. The summed E-state index contributed by atoms with van der Waals surface area (Å²) in [5.41, 5.74) is 3.39. The molecule has 0 N–H and O–H groups in total. The van der Waals surface area contributed by atoms with Crippen molar-refractivity contribution in [2.24, 2.45) is 10.2 Å². The van der Waals surface area contributed by atoms with Gasteiger partial charge in [0.25, 0.3) is 0 Å². The summed E-state index contributed by atoms with van der Waals surface area (Å²) in [5.74, 6) is 0. The number of rotatable bonds is 2. The third-order valence-electron chi connectivity index (χ3n) is 2.83. The van der Waals surface area contributed by atoms with E-state index in [9.17, 15) is 0 Å². The Morgan fingerprint density at radius 2 is 1.75 bits per heavy atom.